The molecule has 0 radical (unpaired) electrons. The number of anilines is 1. The molecule has 6 nitrogen and oxygen atoms in total. The lowest BCUT2D eigenvalue weighted by molar-refractivity contribution is -0.137. The predicted octanol–water partition coefficient (Wildman–Crippen LogP) is 5.55. The molecule has 180 valence electrons. The third-order valence-electron chi connectivity index (χ3n) is 5.42. The first-order chi connectivity index (χ1) is 16.7. The maximum atomic E-state index is 13.1. The highest BCUT2D eigenvalue weighted by atomic mass is 19.4. The number of carbonyl (C=O) groups is 2. The molecule has 3 amide bonds. The van der Waals surface area contributed by atoms with Crippen molar-refractivity contribution in [3.8, 4) is 5.75 Å². The zero-order valence-electron chi connectivity index (χ0n) is 18.6. The number of alkyl halides is 3. The molecular weight excluding hydrogens is 459 g/mol. The molecule has 1 atom stereocenters. The Morgan fingerprint density at radius 3 is 2.40 bits per heavy atom. The Kier molecular flexibility index (Phi) is 6.77. The van der Waals surface area contributed by atoms with E-state index in [0.29, 0.717) is 23.6 Å². The zero-order chi connectivity index (χ0) is 25.0. The maximum absolute atomic E-state index is 13.1. The number of amides is 3. The summed E-state index contributed by atoms with van der Waals surface area (Å²) in [5.74, 6) is -0.0303. The predicted molar refractivity (Wildman–Crippen MR) is 124 cm³/mol. The Bertz CT molecular complexity index is 1260. The Balaban J connectivity index is 1.53. The van der Waals surface area contributed by atoms with Crippen LogP contribution in [-0.2, 0) is 17.6 Å². The van der Waals surface area contributed by atoms with Gasteiger partial charge >= 0.3 is 12.2 Å². The molecule has 1 unspecified atom stereocenters. The van der Waals surface area contributed by atoms with E-state index in [1.54, 1.807) is 31.2 Å². The van der Waals surface area contributed by atoms with E-state index in [1.807, 2.05) is 30.3 Å². The fourth-order valence-corrected chi connectivity index (χ4v) is 3.71. The Morgan fingerprint density at radius 2 is 1.71 bits per heavy atom. The number of nitrogens with one attached hydrogen (secondary N) is 3. The van der Waals surface area contributed by atoms with Crippen molar-refractivity contribution < 1.29 is 27.5 Å². The largest absolute Gasteiger partial charge is 0.489 e. The minimum atomic E-state index is -4.54. The molecule has 1 heterocycles. The summed E-state index contributed by atoms with van der Waals surface area (Å²) in [4.78, 5) is 25.2. The molecular formula is C26H22F3N3O3. The van der Waals surface area contributed by atoms with Gasteiger partial charge in [-0.25, -0.2) is 4.79 Å². The highest BCUT2D eigenvalue weighted by Crippen LogP contribution is 2.32. The molecule has 0 fully saturated rings. The Hall–Kier alpha value is -4.27. The van der Waals surface area contributed by atoms with Crippen LogP contribution < -0.4 is 20.7 Å². The highest BCUT2D eigenvalue weighted by Gasteiger charge is 2.33. The third kappa shape index (κ3) is 5.81. The van der Waals surface area contributed by atoms with Gasteiger partial charge in [0.2, 0.25) is 0 Å². The SMILES string of the molecule is CC1=C(C(=O)Nc2cccc(C(F)(F)F)c2)C(c2ccc(OCc3ccccc3)cc2)NC(=O)N1. The van der Waals surface area contributed by atoms with Crippen molar-refractivity contribution >= 4 is 17.6 Å². The fraction of sp³-hybridized carbons (Fsp3) is 0.154. The van der Waals surface area contributed by atoms with Crippen molar-refractivity contribution in [1.82, 2.24) is 10.6 Å². The average Bonchev–Trinajstić information content (AvgIpc) is 2.83. The molecule has 9 heteroatoms. The van der Waals surface area contributed by atoms with Gasteiger partial charge in [-0.3, -0.25) is 4.79 Å². The van der Waals surface area contributed by atoms with Crippen molar-refractivity contribution in [2.45, 2.75) is 25.7 Å². The van der Waals surface area contributed by atoms with Crippen LogP contribution in [0.15, 0.2) is 90.1 Å². The number of rotatable bonds is 6. The lowest BCUT2D eigenvalue weighted by atomic mass is 9.94. The summed E-state index contributed by atoms with van der Waals surface area (Å²) >= 11 is 0. The van der Waals surface area contributed by atoms with Gasteiger partial charge in [-0.2, -0.15) is 13.2 Å². The molecule has 1 aliphatic rings. The van der Waals surface area contributed by atoms with Gasteiger partial charge in [0.25, 0.3) is 5.91 Å². The van der Waals surface area contributed by atoms with E-state index in [2.05, 4.69) is 16.0 Å². The second kappa shape index (κ2) is 9.92. The van der Waals surface area contributed by atoms with Gasteiger partial charge in [0.1, 0.15) is 12.4 Å². The Morgan fingerprint density at radius 1 is 1.00 bits per heavy atom. The number of hydrogen-bond acceptors (Lipinski definition) is 3. The number of ether oxygens (including phenoxy) is 1. The van der Waals surface area contributed by atoms with Gasteiger partial charge in [0.05, 0.1) is 17.2 Å². The molecule has 3 N–H and O–H groups in total. The summed E-state index contributed by atoms with van der Waals surface area (Å²) < 4.78 is 44.9. The standard InChI is InChI=1S/C26H22F3N3O3/c1-16-22(24(33)31-20-9-5-8-19(14-20)26(27,28)29)23(32-25(34)30-16)18-10-12-21(13-11-18)35-15-17-6-3-2-4-7-17/h2-14,23H,15H2,1H3,(H,31,33)(H2,30,32,34). The first kappa shape index (κ1) is 23.9. The van der Waals surface area contributed by atoms with Gasteiger partial charge < -0.3 is 20.7 Å². The molecule has 1 aliphatic heterocycles. The molecule has 4 rings (SSSR count). The number of carbonyl (C=O) groups excluding carboxylic acids is 2. The van der Waals surface area contributed by atoms with E-state index >= 15 is 0 Å². The molecule has 0 aliphatic carbocycles. The third-order valence-corrected chi connectivity index (χ3v) is 5.42. The number of halogens is 3. The van der Waals surface area contributed by atoms with Crippen LogP contribution in [0.4, 0.5) is 23.7 Å². The lowest BCUT2D eigenvalue weighted by Crippen LogP contribution is -2.45. The van der Waals surface area contributed by atoms with Crippen molar-refractivity contribution in [3.63, 3.8) is 0 Å². The normalized spacial score (nSPS) is 15.8. The molecule has 0 aromatic heterocycles. The quantitative estimate of drug-likeness (QED) is 0.432. The van der Waals surface area contributed by atoms with Crippen LogP contribution in [0.1, 0.15) is 29.7 Å². The second-order valence-corrected chi connectivity index (χ2v) is 7.95. The summed E-state index contributed by atoms with van der Waals surface area (Å²) in [5.41, 5.74) is 1.21. The molecule has 0 saturated carbocycles. The van der Waals surface area contributed by atoms with Crippen LogP contribution in [0, 0.1) is 0 Å². The first-order valence-electron chi connectivity index (χ1n) is 10.7. The van der Waals surface area contributed by atoms with E-state index in [9.17, 15) is 22.8 Å². The zero-order valence-corrected chi connectivity index (χ0v) is 18.6. The number of urea groups is 1. The van der Waals surface area contributed by atoms with Gasteiger partial charge in [-0.05, 0) is 48.4 Å². The van der Waals surface area contributed by atoms with Crippen LogP contribution in [-0.4, -0.2) is 11.9 Å². The summed E-state index contributed by atoms with van der Waals surface area (Å²) in [7, 11) is 0. The topological polar surface area (TPSA) is 79.5 Å². The van der Waals surface area contributed by atoms with Crippen molar-refractivity contribution in [2.75, 3.05) is 5.32 Å². The number of benzene rings is 3. The van der Waals surface area contributed by atoms with Crippen LogP contribution >= 0.6 is 0 Å². The molecule has 0 bridgehead atoms. The van der Waals surface area contributed by atoms with Gasteiger partial charge in [0, 0.05) is 11.4 Å². The molecule has 3 aromatic rings. The van der Waals surface area contributed by atoms with Crippen LogP contribution in [0.2, 0.25) is 0 Å². The number of hydrogen-bond donors (Lipinski definition) is 3. The second-order valence-electron chi connectivity index (χ2n) is 7.95. The summed E-state index contributed by atoms with van der Waals surface area (Å²) in [6.45, 7) is 1.94. The fourth-order valence-electron chi connectivity index (χ4n) is 3.71. The van der Waals surface area contributed by atoms with Crippen molar-refractivity contribution in [3.05, 3.63) is 107 Å². The van der Waals surface area contributed by atoms with Crippen LogP contribution in [0.25, 0.3) is 0 Å². The van der Waals surface area contributed by atoms with E-state index in [-0.39, 0.29) is 11.3 Å². The van der Waals surface area contributed by atoms with E-state index in [4.69, 9.17) is 4.74 Å². The van der Waals surface area contributed by atoms with Crippen molar-refractivity contribution in [2.24, 2.45) is 0 Å². The molecule has 0 spiro atoms. The number of allylic oxidation sites excluding steroid dienone is 1. The Labute approximate surface area is 199 Å². The van der Waals surface area contributed by atoms with Gasteiger partial charge in [0.15, 0.2) is 0 Å². The minimum Gasteiger partial charge on any atom is -0.489 e. The minimum absolute atomic E-state index is 0.00886. The van der Waals surface area contributed by atoms with Gasteiger partial charge in [-0.15, -0.1) is 0 Å². The monoisotopic (exact) mass is 481 g/mol. The highest BCUT2D eigenvalue weighted by molar-refractivity contribution is 6.06. The van der Waals surface area contributed by atoms with E-state index in [0.717, 1.165) is 17.7 Å². The summed E-state index contributed by atoms with van der Waals surface area (Å²) in [6, 6.07) is 19.6. The first-order valence-corrected chi connectivity index (χ1v) is 10.7. The van der Waals surface area contributed by atoms with Crippen LogP contribution in [0.3, 0.4) is 0 Å². The van der Waals surface area contributed by atoms with E-state index < -0.39 is 29.7 Å². The van der Waals surface area contributed by atoms with Gasteiger partial charge in [-0.1, -0.05) is 48.5 Å². The average molecular weight is 481 g/mol. The van der Waals surface area contributed by atoms with Crippen molar-refractivity contribution in [1.29, 1.82) is 0 Å². The lowest BCUT2D eigenvalue weighted by Gasteiger charge is -2.28. The summed E-state index contributed by atoms with van der Waals surface area (Å²) in [6.07, 6.45) is -4.54. The smallest absolute Gasteiger partial charge is 0.416 e. The molecule has 3 aromatic carbocycles. The van der Waals surface area contributed by atoms with Crippen LogP contribution in [0.5, 0.6) is 5.75 Å². The maximum Gasteiger partial charge on any atom is 0.416 e. The van der Waals surface area contributed by atoms with E-state index in [1.165, 1.54) is 12.1 Å². The molecule has 0 saturated heterocycles. The summed E-state index contributed by atoms with van der Waals surface area (Å²) in [5, 5.41) is 7.75. The molecule has 35 heavy (non-hydrogen) atoms.